The van der Waals surface area contributed by atoms with E-state index in [9.17, 15) is 9.59 Å². The molecule has 0 saturated carbocycles. The Hall–Kier alpha value is -1.92. The lowest BCUT2D eigenvalue weighted by atomic mass is 10.0. The van der Waals surface area contributed by atoms with Crippen molar-refractivity contribution in [3.8, 4) is 0 Å². The molecule has 1 saturated heterocycles. The molecule has 2 rings (SSSR count). The van der Waals surface area contributed by atoms with Crippen molar-refractivity contribution in [3.05, 3.63) is 29.8 Å². The van der Waals surface area contributed by atoms with Gasteiger partial charge in [0.1, 0.15) is 0 Å². The van der Waals surface area contributed by atoms with E-state index in [1.165, 1.54) is 0 Å². The zero-order chi connectivity index (χ0) is 19.1. The molecule has 0 bridgehead atoms. The highest BCUT2D eigenvalue weighted by atomic mass is 16.2. The average molecular weight is 361 g/mol. The van der Waals surface area contributed by atoms with Crippen molar-refractivity contribution >= 4 is 17.5 Å². The maximum absolute atomic E-state index is 12.1. The minimum atomic E-state index is -0.613. The number of carbonyl (C=O) groups excluding carboxylic acids is 2. The lowest BCUT2D eigenvalue weighted by Crippen LogP contribution is -2.47. The molecule has 6 heteroatoms. The molecule has 1 aliphatic rings. The number of piperazine rings is 1. The highest BCUT2D eigenvalue weighted by Gasteiger charge is 2.18. The van der Waals surface area contributed by atoms with E-state index in [1.807, 2.05) is 18.2 Å². The molecular weight excluding hydrogens is 328 g/mol. The van der Waals surface area contributed by atoms with Crippen molar-refractivity contribution in [2.24, 2.45) is 5.92 Å². The minimum Gasteiger partial charge on any atom is -0.348 e. The van der Waals surface area contributed by atoms with Crippen LogP contribution >= 0.6 is 0 Å². The molecule has 1 unspecified atom stereocenters. The van der Waals surface area contributed by atoms with Gasteiger partial charge >= 0.3 is 11.8 Å². The van der Waals surface area contributed by atoms with E-state index < -0.39 is 11.8 Å². The Bertz CT molecular complexity index is 610. The molecule has 1 atom stereocenters. The van der Waals surface area contributed by atoms with Crippen molar-refractivity contribution in [2.45, 2.75) is 26.7 Å². The normalized spacial score (nSPS) is 17.1. The molecule has 1 aromatic carbocycles. The second-order valence-electron chi connectivity index (χ2n) is 7.65. The maximum Gasteiger partial charge on any atom is 0.313 e. The van der Waals surface area contributed by atoms with Crippen LogP contribution in [0.25, 0.3) is 0 Å². The second kappa shape index (κ2) is 9.69. The molecule has 26 heavy (non-hydrogen) atoms. The van der Waals surface area contributed by atoms with Gasteiger partial charge < -0.3 is 20.4 Å². The predicted octanol–water partition coefficient (Wildman–Crippen LogP) is 1.75. The summed E-state index contributed by atoms with van der Waals surface area (Å²) in [5, 5.41) is 5.43. The monoisotopic (exact) mass is 360 g/mol. The van der Waals surface area contributed by atoms with E-state index >= 15 is 0 Å². The van der Waals surface area contributed by atoms with Crippen LogP contribution in [0.15, 0.2) is 24.3 Å². The topological polar surface area (TPSA) is 64.7 Å². The third-order valence-corrected chi connectivity index (χ3v) is 4.79. The van der Waals surface area contributed by atoms with Crippen LogP contribution in [0.4, 0.5) is 5.69 Å². The van der Waals surface area contributed by atoms with Gasteiger partial charge in [-0.25, -0.2) is 0 Å². The first-order chi connectivity index (χ1) is 12.3. The number of rotatable bonds is 6. The zero-order valence-corrected chi connectivity index (χ0v) is 16.4. The van der Waals surface area contributed by atoms with Crippen LogP contribution in [0.1, 0.15) is 32.3 Å². The van der Waals surface area contributed by atoms with Crippen molar-refractivity contribution in [2.75, 3.05) is 51.6 Å². The van der Waals surface area contributed by atoms with Gasteiger partial charge in [-0.1, -0.05) is 32.9 Å². The number of hydrogen-bond donors (Lipinski definition) is 2. The van der Waals surface area contributed by atoms with Crippen LogP contribution in [-0.2, 0) is 9.59 Å². The number of anilines is 1. The summed E-state index contributed by atoms with van der Waals surface area (Å²) in [6.45, 7) is 12.0. The van der Waals surface area contributed by atoms with Crippen molar-refractivity contribution in [1.82, 2.24) is 15.1 Å². The van der Waals surface area contributed by atoms with Gasteiger partial charge in [0.25, 0.3) is 0 Å². The Kier molecular flexibility index (Phi) is 7.60. The molecule has 1 aromatic rings. The van der Waals surface area contributed by atoms with Gasteiger partial charge in [-0.15, -0.1) is 0 Å². The fourth-order valence-electron chi connectivity index (χ4n) is 3.05. The Morgan fingerprint density at radius 3 is 2.42 bits per heavy atom. The first-order valence-electron chi connectivity index (χ1n) is 9.45. The summed E-state index contributed by atoms with van der Waals surface area (Å²) in [5.74, 6) is -0.515. The molecular formula is C20H32N4O2. The van der Waals surface area contributed by atoms with Crippen molar-refractivity contribution in [3.63, 3.8) is 0 Å². The number of nitrogens with one attached hydrogen (secondary N) is 2. The quantitative estimate of drug-likeness (QED) is 0.759. The molecule has 144 valence electrons. The predicted molar refractivity (Wildman–Crippen MR) is 105 cm³/mol. The number of likely N-dealkylation sites (N-methyl/N-ethyl adjacent to an activating group) is 1. The van der Waals surface area contributed by atoms with Gasteiger partial charge in [-0.2, -0.15) is 0 Å². The van der Waals surface area contributed by atoms with E-state index in [4.69, 9.17) is 0 Å². The number of hydrogen-bond acceptors (Lipinski definition) is 4. The molecule has 0 aliphatic carbocycles. The highest BCUT2D eigenvalue weighted by molar-refractivity contribution is 6.39. The van der Waals surface area contributed by atoms with Crippen LogP contribution in [0.5, 0.6) is 0 Å². The Labute approximate surface area is 156 Å². The van der Waals surface area contributed by atoms with Gasteiger partial charge in [-0.05, 0) is 36.6 Å². The molecule has 1 heterocycles. The summed E-state index contributed by atoms with van der Waals surface area (Å²) in [4.78, 5) is 28.9. The van der Waals surface area contributed by atoms with Gasteiger partial charge in [-0.3, -0.25) is 9.59 Å². The molecule has 2 N–H and O–H groups in total. The maximum atomic E-state index is 12.1. The fourth-order valence-corrected chi connectivity index (χ4v) is 3.05. The lowest BCUT2D eigenvalue weighted by molar-refractivity contribution is -0.136. The summed E-state index contributed by atoms with van der Waals surface area (Å²) in [7, 11) is 2.14. The van der Waals surface area contributed by atoms with Gasteiger partial charge in [0, 0.05) is 45.0 Å². The van der Waals surface area contributed by atoms with Gasteiger partial charge in [0.05, 0.1) is 0 Å². The number of nitrogens with zero attached hydrogens (tertiary/aromatic N) is 2. The highest BCUT2D eigenvalue weighted by Crippen LogP contribution is 2.18. The summed E-state index contributed by atoms with van der Waals surface area (Å²) >= 11 is 0. The first kappa shape index (κ1) is 20.4. The van der Waals surface area contributed by atoms with Crippen LogP contribution in [0.2, 0.25) is 0 Å². The standard InChI is InChI=1S/C20H32N4O2/c1-15(2)17-6-5-7-18(12-17)22-20(26)19(25)21-13-16(3)14-24-10-8-23(4)9-11-24/h5-7,12,15-16H,8-11,13-14H2,1-4H3,(H,21,25)(H,22,26). The summed E-state index contributed by atoms with van der Waals surface area (Å²) < 4.78 is 0. The summed E-state index contributed by atoms with van der Waals surface area (Å²) in [6.07, 6.45) is 0. The lowest BCUT2D eigenvalue weighted by Gasteiger charge is -2.33. The number of carbonyl (C=O) groups is 2. The fraction of sp³-hybridized carbons (Fsp3) is 0.600. The summed E-state index contributed by atoms with van der Waals surface area (Å²) in [6, 6.07) is 7.61. The Morgan fingerprint density at radius 2 is 1.77 bits per heavy atom. The number of benzene rings is 1. The van der Waals surface area contributed by atoms with Crippen molar-refractivity contribution in [1.29, 1.82) is 0 Å². The largest absolute Gasteiger partial charge is 0.348 e. The molecule has 2 amide bonds. The SMILES string of the molecule is CC(CNC(=O)C(=O)Nc1cccc(C(C)C)c1)CN1CCN(C)CC1. The summed E-state index contributed by atoms with van der Waals surface area (Å²) in [5.41, 5.74) is 1.78. The van der Waals surface area contributed by atoms with E-state index in [2.05, 4.69) is 48.3 Å². The second-order valence-corrected chi connectivity index (χ2v) is 7.65. The zero-order valence-electron chi connectivity index (χ0n) is 16.4. The Balaban J connectivity index is 1.74. The molecule has 0 spiro atoms. The number of amides is 2. The molecule has 0 aromatic heterocycles. The van der Waals surface area contributed by atoms with Crippen molar-refractivity contribution < 1.29 is 9.59 Å². The van der Waals surface area contributed by atoms with Crippen LogP contribution < -0.4 is 10.6 Å². The molecule has 1 aliphatic heterocycles. The van der Waals surface area contributed by atoms with Crippen LogP contribution in [-0.4, -0.2) is 67.9 Å². The van der Waals surface area contributed by atoms with E-state index in [0.29, 0.717) is 24.1 Å². The first-order valence-corrected chi connectivity index (χ1v) is 9.45. The molecule has 0 radical (unpaired) electrons. The Morgan fingerprint density at radius 1 is 1.08 bits per heavy atom. The molecule has 1 fully saturated rings. The van der Waals surface area contributed by atoms with E-state index in [1.54, 1.807) is 6.07 Å². The van der Waals surface area contributed by atoms with Crippen LogP contribution in [0.3, 0.4) is 0 Å². The third kappa shape index (κ3) is 6.42. The minimum absolute atomic E-state index is 0.305. The smallest absolute Gasteiger partial charge is 0.313 e. The van der Waals surface area contributed by atoms with Gasteiger partial charge in [0.15, 0.2) is 0 Å². The third-order valence-electron chi connectivity index (χ3n) is 4.79. The average Bonchev–Trinajstić information content (AvgIpc) is 2.61. The molecule has 6 nitrogen and oxygen atoms in total. The van der Waals surface area contributed by atoms with E-state index in [0.717, 1.165) is 38.3 Å². The van der Waals surface area contributed by atoms with Crippen LogP contribution in [0, 0.1) is 5.92 Å². The van der Waals surface area contributed by atoms with E-state index in [-0.39, 0.29) is 0 Å². The van der Waals surface area contributed by atoms with Gasteiger partial charge in [0.2, 0.25) is 0 Å².